The van der Waals surface area contributed by atoms with Gasteiger partial charge in [-0.3, -0.25) is 19.2 Å². The number of hydrogen-bond donors (Lipinski definition) is 7. The van der Waals surface area contributed by atoms with E-state index in [1.807, 2.05) is 5.32 Å². The molecule has 0 rings (SSSR count). The van der Waals surface area contributed by atoms with Crippen molar-refractivity contribution in [2.24, 2.45) is 5.73 Å². The van der Waals surface area contributed by atoms with Gasteiger partial charge < -0.3 is 37.0 Å². The van der Waals surface area contributed by atoms with E-state index >= 15 is 0 Å². The van der Waals surface area contributed by atoms with Gasteiger partial charge in [0.15, 0.2) is 0 Å². The van der Waals surface area contributed by atoms with Gasteiger partial charge in [0.1, 0.15) is 18.6 Å². The van der Waals surface area contributed by atoms with Crippen LogP contribution in [0.25, 0.3) is 0 Å². The highest BCUT2D eigenvalue weighted by molar-refractivity contribution is 5.92. The van der Waals surface area contributed by atoms with Crippen LogP contribution in [0.1, 0.15) is 13.8 Å². The lowest BCUT2D eigenvalue weighted by Gasteiger charge is -2.21. The summed E-state index contributed by atoms with van der Waals surface area (Å²) in [5.41, 5.74) is 5.36. The maximum Gasteiger partial charge on any atom is 0.322 e. The van der Waals surface area contributed by atoms with Gasteiger partial charge in [0.05, 0.1) is 18.8 Å². The van der Waals surface area contributed by atoms with Crippen molar-refractivity contribution in [3.63, 3.8) is 0 Å². The Labute approximate surface area is 132 Å². The second-order valence-electron chi connectivity index (χ2n) is 4.88. The Balaban J connectivity index is 4.49. The lowest BCUT2D eigenvalue weighted by Crippen LogP contribution is -2.56. The summed E-state index contributed by atoms with van der Waals surface area (Å²) >= 11 is 0. The molecule has 0 aromatic rings. The molecule has 0 aromatic carbocycles. The largest absolute Gasteiger partial charge is 0.480 e. The van der Waals surface area contributed by atoms with Crippen molar-refractivity contribution in [3.05, 3.63) is 0 Å². The molecule has 0 spiro atoms. The van der Waals surface area contributed by atoms with Crippen molar-refractivity contribution >= 4 is 23.7 Å². The third-order valence-electron chi connectivity index (χ3n) is 2.74. The van der Waals surface area contributed by atoms with Crippen molar-refractivity contribution in [1.29, 1.82) is 0 Å². The topological polar surface area (TPSA) is 191 Å². The summed E-state index contributed by atoms with van der Waals surface area (Å²) in [6, 6.07) is -2.60. The average molecular weight is 334 g/mol. The van der Waals surface area contributed by atoms with Crippen molar-refractivity contribution in [1.82, 2.24) is 16.0 Å². The maximum atomic E-state index is 11.7. The number of aliphatic carboxylic acids is 1. The zero-order chi connectivity index (χ0) is 18.2. The van der Waals surface area contributed by atoms with E-state index in [4.69, 9.17) is 15.9 Å². The van der Waals surface area contributed by atoms with Crippen molar-refractivity contribution < 1.29 is 34.5 Å². The molecule has 0 aliphatic rings. The van der Waals surface area contributed by atoms with Gasteiger partial charge in [-0.1, -0.05) is 0 Å². The molecule has 0 bridgehead atoms. The lowest BCUT2D eigenvalue weighted by atomic mass is 10.1. The Bertz CT molecular complexity index is 453. The molecule has 11 heteroatoms. The summed E-state index contributed by atoms with van der Waals surface area (Å²) in [6.45, 7) is 1.33. The van der Waals surface area contributed by atoms with E-state index in [0.29, 0.717) is 0 Å². The first-order valence-electron chi connectivity index (χ1n) is 6.74. The SMILES string of the molecule is CC(O)C(N)C(=O)NCC(=O)NC(C(=O)NCC(=O)O)C(C)O. The molecule has 0 aromatic heterocycles. The molecule has 8 N–H and O–H groups in total. The number of rotatable bonds is 9. The number of hydrogen-bond acceptors (Lipinski definition) is 7. The van der Waals surface area contributed by atoms with Crippen LogP contribution in [0.15, 0.2) is 0 Å². The third-order valence-corrected chi connectivity index (χ3v) is 2.74. The number of aliphatic hydroxyl groups excluding tert-OH is 2. The van der Waals surface area contributed by atoms with E-state index in [-0.39, 0.29) is 0 Å². The van der Waals surface area contributed by atoms with E-state index < -0.39 is 61.1 Å². The van der Waals surface area contributed by atoms with Crippen LogP contribution < -0.4 is 21.7 Å². The number of carboxylic acid groups (broad SMARTS) is 1. The van der Waals surface area contributed by atoms with E-state index in [1.165, 1.54) is 13.8 Å². The molecule has 0 heterocycles. The van der Waals surface area contributed by atoms with Crippen LogP contribution in [0.3, 0.4) is 0 Å². The molecule has 0 radical (unpaired) electrons. The van der Waals surface area contributed by atoms with E-state index in [2.05, 4.69) is 10.6 Å². The summed E-state index contributed by atoms with van der Waals surface area (Å²) in [7, 11) is 0. The molecule has 132 valence electrons. The minimum absolute atomic E-state index is 0.533. The van der Waals surface area contributed by atoms with Crippen molar-refractivity contribution in [2.75, 3.05) is 13.1 Å². The molecule has 0 fully saturated rings. The number of aliphatic hydroxyl groups is 2. The van der Waals surface area contributed by atoms with Gasteiger partial charge in [-0.25, -0.2) is 0 Å². The highest BCUT2D eigenvalue weighted by Crippen LogP contribution is 1.94. The van der Waals surface area contributed by atoms with Gasteiger partial charge >= 0.3 is 5.97 Å². The number of amides is 3. The lowest BCUT2D eigenvalue weighted by molar-refractivity contribution is -0.139. The van der Waals surface area contributed by atoms with Crippen LogP contribution in [0.2, 0.25) is 0 Å². The zero-order valence-corrected chi connectivity index (χ0v) is 12.8. The number of carboxylic acids is 1. The molecular formula is C12H22N4O7. The summed E-state index contributed by atoms with van der Waals surface area (Å²) in [5.74, 6) is -3.73. The fraction of sp³-hybridized carbons (Fsp3) is 0.667. The standard InChI is InChI=1S/C12H22N4O7/c1-5(17)9(13)11(22)14-3-7(19)16-10(6(2)18)12(23)15-4-8(20)21/h5-6,9-10,17-18H,3-4,13H2,1-2H3,(H,14,22)(H,15,23)(H,16,19)(H,20,21). The van der Waals surface area contributed by atoms with Gasteiger partial charge in [0.2, 0.25) is 17.7 Å². The fourth-order valence-electron chi connectivity index (χ4n) is 1.41. The molecule has 4 unspecified atom stereocenters. The summed E-state index contributed by atoms with van der Waals surface area (Å²) in [6.07, 6.45) is -2.40. The van der Waals surface area contributed by atoms with Gasteiger partial charge in [0.25, 0.3) is 0 Å². The quantitative estimate of drug-likeness (QED) is 0.221. The minimum atomic E-state index is -1.39. The van der Waals surface area contributed by atoms with Crippen molar-refractivity contribution in [3.8, 4) is 0 Å². The predicted octanol–water partition coefficient (Wildman–Crippen LogP) is -4.12. The predicted molar refractivity (Wildman–Crippen MR) is 76.9 cm³/mol. The van der Waals surface area contributed by atoms with E-state index in [0.717, 1.165) is 0 Å². The van der Waals surface area contributed by atoms with Crippen LogP contribution in [0, 0.1) is 0 Å². The molecule has 0 saturated carbocycles. The molecule has 3 amide bonds. The Morgan fingerprint density at radius 1 is 0.957 bits per heavy atom. The average Bonchev–Trinajstić information content (AvgIpc) is 2.46. The maximum absolute atomic E-state index is 11.7. The number of nitrogens with one attached hydrogen (secondary N) is 3. The van der Waals surface area contributed by atoms with Crippen LogP contribution in [-0.2, 0) is 19.2 Å². The summed E-state index contributed by atoms with van der Waals surface area (Å²) in [4.78, 5) is 45.2. The molecule has 23 heavy (non-hydrogen) atoms. The van der Waals surface area contributed by atoms with Crippen LogP contribution in [0.4, 0.5) is 0 Å². The smallest absolute Gasteiger partial charge is 0.322 e. The number of nitrogens with two attached hydrogens (primary N) is 1. The third kappa shape index (κ3) is 8.09. The molecule has 4 atom stereocenters. The highest BCUT2D eigenvalue weighted by atomic mass is 16.4. The van der Waals surface area contributed by atoms with E-state index in [1.54, 1.807) is 0 Å². The first-order valence-corrected chi connectivity index (χ1v) is 6.74. The molecule has 11 nitrogen and oxygen atoms in total. The minimum Gasteiger partial charge on any atom is -0.480 e. The normalized spacial score (nSPS) is 15.7. The Hall–Kier alpha value is -2.24. The zero-order valence-electron chi connectivity index (χ0n) is 12.8. The monoisotopic (exact) mass is 334 g/mol. The number of carbonyl (C=O) groups is 4. The number of carbonyl (C=O) groups excluding carboxylic acids is 3. The van der Waals surface area contributed by atoms with E-state index in [9.17, 15) is 24.3 Å². The Morgan fingerprint density at radius 3 is 1.91 bits per heavy atom. The Morgan fingerprint density at radius 2 is 1.48 bits per heavy atom. The molecule has 0 aliphatic heterocycles. The van der Waals surface area contributed by atoms with Crippen LogP contribution in [0.5, 0.6) is 0 Å². The first kappa shape index (κ1) is 20.8. The van der Waals surface area contributed by atoms with Crippen LogP contribution in [-0.4, -0.2) is 76.4 Å². The van der Waals surface area contributed by atoms with Gasteiger partial charge in [-0.15, -0.1) is 0 Å². The van der Waals surface area contributed by atoms with Gasteiger partial charge in [-0.2, -0.15) is 0 Å². The second kappa shape index (κ2) is 9.71. The molecule has 0 saturated heterocycles. The molecular weight excluding hydrogens is 312 g/mol. The Kier molecular flexibility index (Phi) is 8.77. The fourth-order valence-corrected chi connectivity index (χ4v) is 1.41. The molecule has 0 aliphatic carbocycles. The second-order valence-corrected chi connectivity index (χ2v) is 4.88. The summed E-state index contributed by atoms with van der Waals surface area (Å²) < 4.78 is 0. The van der Waals surface area contributed by atoms with Crippen molar-refractivity contribution in [2.45, 2.75) is 38.1 Å². The first-order chi connectivity index (χ1) is 10.6. The van der Waals surface area contributed by atoms with Gasteiger partial charge in [-0.05, 0) is 13.8 Å². The highest BCUT2D eigenvalue weighted by Gasteiger charge is 2.26. The summed E-state index contributed by atoms with van der Waals surface area (Å²) in [5, 5.41) is 33.4. The van der Waals surface area contributed by atoms with Crippen LogP contribution >= 0.6 is 0 Å². The van der Waals surface area contributed by atoms with Gasteiger partial charge in [0, 0.05) is 0 Å².